The number of aryl methyl sites for hydroxylation is 2. The third-order valence-electron chi connectivity index (χ3n) is 4.37. The van der Waals surface area contributed by atoms with Gasteiger partial charge in [0.1, 0.15) is 11.6 Å². The maximum Gasteiger partial charge on any atom is 0.249 e. The minimum absolute atomic E-state index is 0.0823. The van der Waals surface area contributed by atoms with Crippen LogP contribution in [-0.2, 0) is 4.79 Å². The summed E-state index contributed by atoms with van der Waals surface area (Å²) in [6.07, 6.45) is 4.25. The Balaban J connectivity index is 1.57. The standard InChI is InChI=1S/C18H19N5O/c1-12-3-5-14(6-4-12)22-9-7-15(18(22)24)20-17-16-11-13(2)21-23(16)10-8-19-17/h3-6,8,10-11,15H,7,9H2,1-2H3,(H,19,20). The number of carbonyl (C=O) groups excluding carboxylic acids is 1. The Morgan fingerprint density at radius 1 is 1.21 bits per heavy atom. The summed E-state index contributed by atoms with van der Waals surface area (Å²) in [7, 11) is 0. The summed E-state index contributed by atoms with van der Waals surface area (Å²) in [5.74, 6) is 0.779. The zero-order valence-electron chi connectivity index (χ0n) is 13.7. The lowest BCUT2D eigenvalue weighted by atomic mass is 10.2. The Hall–Kier alpha value is -2.89. The molecule has 1 N–H and O–H groups in total. The molecule has 0 radical (unpaired) electrons. The second-order valence-electron chi connectivity index (χ2n) is 6.20. The fourth-order valence-corrected chi connectivity index (χ4v) is 3.12. The average Bonchev–Trinajstić information content (AvgIpc) is 3.12. The zero-order chi connectivity index (χ0) is 16.7. The topological polar surface area (TPSA) is 62.5 Å². The summed E-state index contributed by atoms with van der Waals surface area (Å²) in [6.45, 7) is 4.69. The number of fused-ring (bicyclic) bond motifs is 1. The zero-order valence-corrected chi connectivity index (χ0v) is 13.7. The Labute approximate surface area is 140 Å². The largest absolute Gasteiger partial charge is 0.357 e. The van der Waals surface area contributed by atoms with E-state index in [9.17, 15) is 4.79 Å². The van der Waals surface area contributed by atoms with Crippen LogP contribution < -0.4 is 10.2 Å². The quantitative estimate of drug-likeness (QED) is 0.805. The Morgan fingerprint density at radius 3 is 2.79 bits per heavy atom. The van der Waals surface area contributed by atoms with Crippen molar-refractivity contribution in [2.24, 2.45) is 0 Å². The van der Waals surface area contributed by atoms with Gasteiger partial charge in [0.15, 0.2) is 5.82 Å². The van der Waals surface area contributed by atoms with Crippen molar-refractivity contribution in [1.29, 1.82) is 0 Å². The van der Waals surface area contributed by atoms with Crippen LogP contribution in [0.15, 0.2) is 42.7 Å². The van der Waals surface area contributed by atoms with Gasteiger partial charge in [-0.15, -0.1) is 0 Å². The molecule has 1 amide bonds. The van der Waals surface area contributed by atoms with Crippen LogP contribution in [0.2, 0.25) is 0 Å². The van der Waals surface area contributed by atoms with Gasteiger partial charge in [-0.05, 0) is 38.5 Å². The van der Waals surface area contributed by atoms with Gasteiger partial charge in [-0.1, -0.05) is 17.7 Å². The van der Waals surface area contributed by atoms with Crippen LogP contribution in [0.25, 0.3) is 5.52 Å². The Bertz CT molecular complexity index is 899. The molecular weight excluding hydrogens is 302 g/mol. The Kier molecular flexibility index (Phi) is 3.45. The SMILES string of the molecule is Cc1ccc(N2CCC(Nc3nccn4nc(C)cc34)C2=O)cc1. The molecule has 1 atom stereocenters. The molecule has 0 aliphatic carbocycles. The molecule has 1 saturated heterocycles. The number of anilines is 2. The van der Waals surface area contributed by atoms with Crippen molar-refractivity contribution in [1.82, 2.24) is 14.6 Å². The lowest BCUT2D eigenvalue weighted by molar-refractivity contribution is -0.117. The van der Waals surface area contributed by atoms with E-state index < -0.39 is 0 Å². The molecule has 6 nitrogen and oxygen atoms in total. The number of rotatable bonds is 3. The lowest BCUT2D eigenvalue weighted by Gasteiger charge is -2.18. The summed E-state index contributed by atoms with van der Waals surface area (Å²) < 4.78 is 1.78. The number of aromatic nitrogens is 3. The summed E-state index contributed by atoms with van der Waals surface area (Å²) in [5, 5.41) is 7.67. The van der Waals surface area contributed by atoms with Crippen molar-refractivity contribution in [3.05, 3.63) is 54.0 Å². The first-order valence-electron chi connectivity index (χ1n) is 8.07. The van der Waals surface area contributed by atoms with Crippen molar-refractivity contribution in [2.75, 3.05) is 16.8 Å². The Morgan fingerprint density at radius 2 is 2.00 bits per heavy atom. The average molecular weight is 321 g/mol. The van der Waals surface area contributed by atoms with E-state index in [1.165, 1.54) is 5.56 Å². The van der Waals surface area contributed by atoms with E-state index >= 15 is 0 Å². The van der Waals surface area contributed by atoms with Crippen molar-refractivity contribution < 1.29 is 4.79 Å². The van der Waals surface area contributed by atoms with Gasteiger partial charge < -0.3 is 10.2 Å². The fraction of sp³-hybridized carbons (Fsp3) is 0.278. The summed E-state index contributed by atoms with van der Waals surface area (Å²) in [4.78, 5) is 19.0. The predicted molar refractivity (Wildman–Crippen MR) is 93.3 cm³/mol. The molecular formula is C18H19N5O. The molecule has 1 unspecified atom stereocenters. The second-order valence-corrected chi connectivity index (χ2v) is 6.20. The maximum atomic E-state index is 12.7. The lowest BCUT2D eigenvalue weighted by Crippen LogP contribution is -2.33. The van der Waals surface area contributed by atoms with Crippen LogP contribution >= 0.6 is 0 Å². The highest BCUT2D eigenvalue weighted by molar-refractivity contribution is 6.01. The number of hydrogen-bond donors (Lipinski definition) is 1. The van der Waals surface area contributed by atoms with Gasteiger partial charge in [-0.2, -0.15) is 5.10 Å². The molecule has 1 aromatic carbocycles. The van der Waals surface area contributed by atoms with Gasteiger partial charge in [-0.25, -0.2) is 9.50 Å². The molecule has 122 valence electrons. The van der Waals surface area contributed by atoms with E-state index in [2.05, 4.69) is 15.4 Å². The summed E-state index contributed by atoms with van der Waals surface area (Å²) in [6, 6.07) is 9.75. The van der Waals surface area contributed by atoms with Gasteiger partial charge in [0.05, 0.1) is 5.69 Å². The van der Waals surface area contributed by atoms with E-state index in [0.717, 1.165) is 23.3 Å². The van der Waals surface area contributed by atoms with E-state index in [4.69, 9.17) is 0 Å². The van der Waals surface area contributed by atoms with Crippen molar-refractivity contribution in [2.45, 2.75) is 26.3 Å². The smallest absolute Gasteiger partial charge is 0.249 e. The minimum Gasteiger partial charge on any atom is -0.357 e. The highest BCUT2D eigenvalue weighted by Crippen LogP contribution is 2.25. The molecule has 24 heavy (non-hydrogen) atoms. The van der Waals surface area contributed by atoms with E-state index in [1.807, 2.05) is 55.3 Å². The van der Waals surface area contributed by atoms with E-state index in [1.54, 1.807) is 10.7 Å². The number of hydrogen-bond acceptors (Lipinski definition) is 4. The third-order valence-corrected chi connectivity index (χ3v) is 4.37. The molecule has 1 fully saturated rings. The van der Waals surface area contributed by atoms with Crippen LogP contribution in [0.1, 0.15) is 17.7 Å². The molecule has 2 aromatic heterocycles. The van der Waals surface area contributed by atoms with Crippen molar-refractivity contribution in [3.63, 3.8) is 0 Å². The number of carbonyl (C=O) groups is 1. The number of amides is 1. The molecule has 1 aliphatic heterocycles. The minimum atomic E-state index is -0.264. The van der Waals surface area contributed by atoms with Crippen molar-refractivity contribution >= 4 is 22.9 Å². The normalized spacial score (nSPS) is 17.7. The number of nitrogens with one attached hydrogen (secondary N) is 1. The van der Waals surface area contributed by atoms with Crippen LogP contribution in [0.5, 0.6) is 0 Å². The number of benzene rings is 1. The predicted octanol–water partition coefficient (Wildman–Crippen LogP) is 2.56. The maximum absolute atomic E-state index is 12.7. The van der Waals surface area contributed by atoms with Gasteiger partial charge >= 0.3 is 0 Å². The molecule has 0 bridgehead atoms. The van der Waals surface area contributed by atoms with Gasteiger partial charge in [0.2, 0.25) is 5.91 Å². The molecule has 6 heteroatoms. The number of nitrogens with zero attached hydrogens (tertiary/aromatic N) is 4. The fourth-order valence-electron chi connectivity index (χ4n) is 3.12. The molecule has 4 rings (SSSR count). The van der Waals surface area contributed by atoms with Gasteiger partial charge in [0, 0.05) is 24.6 Å². The highest BCUT2D eigenvalue weighted by atomic mass is 16.2. The van der Waals surface area contributed by atoms with Crippen LogP contribution in [0, 0.1) is 13.8 Å². The first-order valence-corrected chi connectivity index (χ1v) is 8.07. The molecule has 0 spiro atoms. The van der Waals surface area contributed by atoms with Crippen LogP contribution in [-0.4, -0.2) is 33.1 Å². The van der Waals surface area contributed by atoms with Crippen molar-refractivity contribution in [3.8, 4) is 0 Å². The second kappa shape index (κ2) is 5.63. The van der Waals surface area contributed by atoms with E-state index in [-0.39, 0.29) is 11.9 Å². The van der Waals surface area contributed by atoms with Crippen LogP contribution in [0.4, 0.5) is 11.5 Å². The first-order chi connectivity index (χ1) is 11.6. The monoisotopic (exact) mass is 321 g/mol. The third kappa shape index (κ3) is 2.50. The van der Waals surface area contributed by atoms with E-state index in [0.29, 0.717) is 12.4 Å². The first kappa shape index (κ1) is 14.7. The van der Waals surface area contributed by atoms with Crippen LogP contribution in [0.3, 0.4) is 0 Å². The van der Waals surface area contributed by atoms with Gasteiger partial charge in [-0.3, -0.25) is 4.79 Å². The molecule has 3 heterocycles. The summed E-state index contributed by atoms with van der Waals surface area (Å²) in [5.41, 5.74) is 3.94. The summed E-state index contributed by atoms with van der Waals surface area (Å²) >= 11 is 0. The molecule has 1 aliphatic rings. The molecule has 3 aromatic rings. The molecule has 0 saturated carbocycles. The highest BCUT2D eigenvalue weighted by Gasteiger charge is 2.33. The van der Waals surface area contributed by atoms with Gasteiger partial charge in [0.25, 0.3) is 0 Å².